The van der Waals surface area contributed by atoms with Gasteiger partial charge >= 0.3 is 0 Å². The molecule has 0 bridgehead atoms. The van der Waals surface area contributed by atoms with Crippen LogP contribution in [0.2, 0.25) is 5.02 Å². The molecule has 0 atom stereocenters. The average Bonchev–Trinajstić information content (AvgIpc) is 2.49. The van der Waals surface area contributed by atoms with Gasteiger partial charge in [0.25, 0.3) is 0 Å². The van der Waals surface area contributed by atoms with Crippen molar-refractivity contribution in [1.82, 2.24) is 0 Å². The molecule has 72 valence electrons. The van der Waals surface area contributed by atoms with Crippen LogP contribution >= 0.6 is 11.6 Å². The van der Waals surface area contributed by atoms with Crippen LogP contribution in [-0.2, 0) is 11.2 Å². The Balaban J connectivity index is 2.50. The smallest absolute Gasteiger partial charge is 0.241 e. The molecule has 0 spiro atoms. The maximum Gasteiger partial charge on any atom is 0.241 e. The highest BCUT2D eigenvalue weighted by atomic mass is 35.5. The molecular formula is C11H10ClNO. The summed E-state index contributed by atoms with van der Waals surface area (Å²) in [6.45, 7) is 0. The summed E-state index contributed by atoms with van der Waals surface area (Å²) in [5.41, 5.74) is 8.31. The van der Waals surface area contributed by atoms with Crippen LogP contribution in [0.4, 0.5) is 0 Å². The number of fused-ring (bicyclic) bond motifs is 1. The maximum absolute atomic E-state index is 10.8. The number of amides is 1. The van der Waals surface area contributed by atoms with Crippen molar-refractivity contribution in [3.05, 3.63) is 40.4 Å². The number of carbonyl (C=O) groups excluding carboxylic acids is 1. The molecule has 0 aliphatic heterocycles. The second-order valence-corrected chi connectivity index (χ2v) is 3.75. The molecule has 0 saturated heterocycles. The Hall–Kier alpha value is -1.28. The Morgan fingerprint density at radius 2 is 2.21 bits per heavy atom. The average molecular weight is 208 g/mol. The monoisotopic (exact) mass is 207 g/mol. The molecule has 1 amide bonds. The maximum atomic E-state index is 10.8. The molecular weight excluding hydrogens is 198 g/mol. The first-order valence-corrected chi connectivity index (χ1v) is 4.84. The van der Waals surface area contributed by atoms with E-state index >= 15 is 0 Å². The number of rotatable bonds is 1. The van der Waals surface area contributed by atoms with Gasteiger partial charge < -0.3 is 5.73 Å². The van der Waals surface area contributed by atoms with Gasteiger partial charge in [0.15, 0.2) is 0 Å². The zero-order chi connectivity index (χ0) is 10.1. The van der Waals surface area contributed by atoms with E-state index in [1.165, 1.54) is 6.08 Å². The minimum atomic E-state index is -0.396. The lowest BCUT2D eigenvalue weighted by molar-refractivity contribution is -0.113. The van der Waals surface area contributed by atoms with Gasteiger partial charge in [-0.15, -0.1) is 0 Å². The normalized spacial score (nSPS) is 17.1. The minimum Gasteiger partial charge on any atom is -0.366 e. The molecule has 0 fully saturated rings. The quantitative estimate of drug-likeness (QED) is 0.705. The van der Waals surface area contributed by atoms with Crippen molar-refractivity contribution >= 4 is 23.1 Å². The van der Waals surface area contributed by atoms with E-state index in [-0.39, 0.29) is 0 Å². The third-order valence-corrected chi connectivity index (χ3v) is 2.78. The molecule has 0 unspecified atom stereocenters. The Morgan fingerprint density at radius 3 is 2.93 bits per heavy atom. The standard InChI is InChI=1S/C11H10ClNO/c12-10-3-1-2-8-7(6-11(13)14)4-5-9(8)10/h1-3,6H,4-5H2,(H2,13,14)/b7-6-. The number of hydrogen-bond acceptors (Lipinski definition) is 1. The van der Waals surface area contributed by atoms with E-state index in [4.69, 9.17) is 17.3 Å². The highest BCUT2D eigenvalue weighted by Gasteiger charge is 2.18. The lowest BCUT2D eigenvalue weighted by Gasteiger charge is -2.01. The fourth-order valence-electron chi connectivity index (χ4n) is 1.83. The third kappa shape index (κ3) is 1.53. The van der Waals surface area contributed by atoms with Gasteiger partial charge in [-0.3, -0.25) is 4.79 Å². The Bertz CT molecular complexity index is 423. The highest BCUT2D eigenvalue weighted by molar-refractivity contribution is 6.31. The number of carbonyl (C=O) groups is 1. The van der Waals surface area contributed by atoms with Gasteiger partial charge in [0.1, 0.15) is 0 Å². The van der Waals surface area contributed by atoms with E-state index < -0.39 is 5.91 Å². The van der Waals surface area contributed by atoms with Gasteiger partial charge in [0.2, 0.25) is 5.91 Å². The van der Waals surface area contributed by atoms with E-state index in [0.29, 0.717) is 0 Å². The van der Waals surface area contributed by atoms with Crippen molar-refractivity contribution in [1.29, 1.82) is 0 Å². The van der Waals surface area contributed by atoms with Crippen LogP contribution in [0, 0.1) is 0 Å². The summed E-state index contributed by atoms with van der Waals surface area (Å²) in [5.74, 6) is -0.396. The minimum absolute atomic E-state index is 0.396. The summed E-state index contributed by atoms with van der Waals surface area (Å²) in [6, 6.07) is 5.73. The number of primary amides is 1. The fourth-order valence-corrected chi connectivity index (χ4v) is 2.10. The van der Waals surface area contributed by atoms with Crippen molar-refractivity contribution in [3.8, 4) is 0 Å². The number of hydrogen-bond donors (Lipinski definition) is 1. The summed E-state index contributed by atoms with van der Waals surface area (Å²) >= 11 is 6.03. The molecule has 0 saturated carbocycles. The molecule has 3 heteroatoms. The Morgan fingerprint density at radius 1 is 1.43 bits per heavy atom. The fraction of sp³-hybridized carbons (Fsp3) is 0.182. The lowest BCUT2D eigenvalue weighted by atomic mass is 10.1. The van der Waals surface area contributed by atoms with Crippen molar-refractivity contribution in [3.63, 3.8) is 0 Å². The van der Waals surface area contributed by atoms with E-state index in [9.17, 15) is 4.79 Å². The first-order valence-electron chi connectivity index (χ1n) is 4.46. The molecule has 0 aromatic heterocycles. The van der Waals surface area contributed by atoms with Crippen molar-refractivity contribution in [2.45, 2.75) is 12.8 Å². The number of allylic oxidation sites excluding steroid dienone is 1. The van der Waals surface area contributed by atoms with E-state index in [0.717, 1.165) is 34.6 Å². The van der Waals surface area contributed by atoms with Crippen LogP contribution in [0.15, 0.2) is 24.3 Å². The van der Waals surface area contributed by atoms with Crippen LogP contribution in [-0.4, -0.2) is 5.91 Å². The first kappa shape index (κ1) is 9.28. The van der Waals surface area contributed by atoms with Crippen LogP contribution in [0.25, 0.3) is 5.57 Å². The Kier molecular flexibility index (Phi) is 2.30. The van der Waals surface area contributed by atoms with Crippen LogP contribution in [0.3, 0.4) is 0 Å². The summed E-state index contributed by atoms with van der Waals surface area (Å²) in [7, 11) is 0. The predicted molar refractivity (Wildman–Crippen MR) is 56.9 cm³/mol. The highest BCUT2D eigenvalue weighted by Crippen LogP contribution is 2.35. The summed E-state index contributed by atoms with van der Waals surface area (Å²) in [4.78, 5) is 10.8. The molecule has 2 N–H and O–H groups in total. The molecule has 1 aromatic carbocycles. The molecule has 1 aliphatic carbocycles. The van der Waals surface area contributed by atoms with Gasteiger partial charge in [-0.25, -0.2) is 0 Å². The van der Waals surface area contributed by atoms with Crippen molar-refractivity contribution in [2.24, 2.45) is 5.73 Å². The first-order chi connectivity index (χ1) is 6.68. The molecule has 14 heavy (non-hydrogen) atoms. The number of nitrogens with two attached hydrogens (primary N) is 1. The molecule has 2 nitrogen and oxygen atoms in total. The van der Waals surface area contributed by atoms with E-state index in [2.05, 4.69) is 0 Å². The molecule has 1 aliphatic rings. The Labute approximate surface area is 87.4 Å². The molecule has 0 heterocycles. The van der Waals surface area contributed by atoms with Gasteiger partial charge in [0.05, 0.1) is 0 Å². The van der Waals surface area contributed by atoms with Crippen LogP contribution in [0.1, 0.15) is 17.5 Å². The third-order valence-electron chi connectivity index (χ3n) is 2.43. The number of benzene rings is 1. The van der Waals surface area contributed by atoms with E-state index in [1.54, 1.807) is 0 Å². The lowest BCUT2D eigenvalue weighted by Crippen LogP contribution is -2.06. The van der Waals surface area contributed by atoms with Crippen LogP contribution < -0.4 is 5.73 Å². The second kappa shape index (κ2) is 3.46. The zero-order valence-electron chi connectivity index (χ0n) is 7.59. The second-order valence-electron chi connectivity index (χ2n) is 3.34. The van der Waals surface area contributed by atoms with Gasteiger partial charge in [0, 0.05) is 11.1 Å². The molecule has 0 radical (unpaired) electrons. The SMILES string of the molecule is NC(=O)/C=C1/CCc2c(Cl)cccc21. The van der Waals surface area contributed by atoms with Crippen molar-refractivity contribution < 1.29 is 4.79 Å². The van der Waals surface area contributed by atoms with E-state index in [1.807, 2.05) is 18.2 Å². The zero-order valence-corrected chi connectivity index (χ0v) is 8.34. The summed E-state index contributed by atoms with van der Waals surface area (Å²) in [6.07, 6.45) is 3.23. The molecule has 2 rings (SSSR count). The number of halogens is 1. The topological polar surface area (TPSA) is 43.1 Å². The van der Waals surface area contributed by atoms with Crippen LogP contribution in [0.5, 0.6) is 0 Å². The van der Waals surface area contributed by atoms with Crippen molar-refractivity contribution in [2.75, 3.05) is 0 Å². The summed E-state index contributed by atoms with van der Waals surface area (Å²) < 4.78 is 0. The summed E-state index contributed by atoms with van der Waals surface area (Å²) in [5, 5.41) is 0.773. The molecule has 1 aromatic rings. The van der Waals surface area contributed by atoms with Gasteiger partial charge in [-0.05, 0) is 35.6 Å². The largest absolute Gasteiger partial charge is 0.366 e. The predicted octanol–water partition coefficient (Wildman–Crippen LogP) is 2.15. The van der Waals surface area contributed by atoms with Gasteiger partial charge in [-0.2, -0.15) is 0 Å². The van der Waals surface area contributed by atoms with Gasteiger partial charge in [-0.1, -0.05) is 23.7 Å².